The Morgan fingerprint density at radius 1 is 1.16 bits per heavy atom. The number of benzene rings is 1. The molecular formula is C18H26O. The second-order valence-corrected chi connectivity index (χ2v) is 6.09. The first-order valence-corrected chi connectivity index (χ1v) is 7.59. The first-order chi connectivity index (χ1) is 9.16. The predicted molar refractivity (Wildman–Crippen MR) is 82.4 cm³/mol. The Kier molecular flexibility index (Phi) is 5.07. The van der Waals surface area contributed by atoms with Crippen LogP contribution >= 0.6 is 0 Å². The molecule has 0 aliphatic heterocycles. The van der Waals surface area contributed by atoms with Gasteiger partial charge in [0.2, 0.25) is 0 Å². The summed E-state index contributed by atoms with van der Waals surface area (Å²) in [5.74, 6) is 2.22. The SMILES string of the molecule is C=C(c1ccc(OCC(C)C)cc1)C1CCCCC1. The van der Waals surface area contributed by atoms with Crippen molar-refractivity contribution in [1.82, 2.24) is 0 Å². The molecule has 1 fully saturated rings. The summed E-state index contributed by atoms with van der Waals surface area (Å²) in [6.45, 7) is 9.42. The molecule has 0 unspecified atom stereocenters. The second kappa shape index (κ2) is 6.79. The van der Waals surface area contributed by atoms with Crippen LogP contribution in [0, 0.1) is 11.8 Å². The Balaban J connectivity index is 1.95. The summed E-state index contributed by atoms with van der Waals surface area (Å²) in [6, 6.07) is 8.47. The van der Waals surface area contributed by atoms with Gasteiger partial charge >= 0.3 is 0 Å². The topological polar surface area (TPSA) is 9.23 Å². The zero-order valence-corrected chi connectivity index (χ0v) is 12.3. The van der Waals surface area contributed by atoms with Crippen molar-refractivity contribution in [1.29, 1.82) is 0 Å². The van der Waals surface area contributed by atoms with Crippen LogP contribution in [0.1, 0.15) is 51.5 Å². The van der Waals surface area contributed by atoms with Gasteiger partial charge in [-0.2, -0.15) is 0 Å². The van der Waals surface area contributed by atoms with E-state index in [0.717, 1.165) is 12.4 Å². The second-order valence-electron chi connectivity index (χ2n) is 6.09. The lowest BCUT2D eigenvalue weighted by Crippen LogP contribution is -2.08. The van der Waals surface area contributed by atoms with E-state index in [-0.39, 0.29) is 0 Å². The van der Waals surface area contributed by atoms with Gasteiger partial charge in [0.15, 0.2) is 0 Å². The lowest BCUT2D eigenvalue weighted by Gasteiger charge is -2.24. The molecule has 1 aromatic carbocycles. The summed E-state index contributed by atoms with van der Waals surface area (Å²) in [5.41, 5.74) is 2.60. The van der Waals surface area contributed by atoms with E-state index in [1.54, 1.807) is 0 Å². The van der Waals surface area contributed by atoms with Crippen LogP contribution in [-0.2, 0) is 0 Å². The van der Waals surface area contributed by atoms with Gasteiger partial charge in [-0.15, -0.1) is 0 Å². The Labute approximate surface area is 117 Å². The quantitative estimate of drug-likeness (QED) is 0.695. The lowest BCUT2D eigenvalue weighted by atomic mass is 9.82. The highest BCUT2D eigenvalue weighted by Crippen LogP contribution is 2.34. The molecule has 1 aliphatic rings. The average Bonchev–Trinajstić information content (AvgIpc) is 2.46. The molecule has 1 saturated carbocycles. The third-order valence-electron chi connectivity index (χ3n) is 3.91. The molecule has 0 saturated heterocycles. The minimum absolute atomic E-state index is 0.567. The van der Waals surface area contributed by atoms with Gasteiger partial charge in [-0.05, 0) is 47.9 Å². The molecule has 2 rings (SSSR count). The number of allylic oxidation sites excluding steroid dienone is 1. The molecule has 0 atom stereocenters. The third-order valence-corrected chi connectivity index (χ3v) is 3.91. The molecule has 1 heteroatoms. The minimum Gasteiger partial charge on any atom is -0.493 e. The van der Waals surface area contributed by atoms with E-state index in [1.165, 1.54) is 43.2 Å². The summed E-state index contributed by atoms with van der Waals surface area (Å²) < 4.78 is 5.72. The van der Waals surface area contributed by atoms with Crippen molar-refractivity contribution in [3.8, 4) is 5.75 Å². The third kappa shape index (κ3) is 4.12. The predicted octanol–water partition coefficient (Wildman–Crippen LogP) is 5.31. The molecule has 19 heavy (non-hydrogen) atoms. The van der Waals surface area contributed by atoms with Crippen LogP contribution in [0.5, 0.6) is 5.75 Å². The highest BCUT2D eigenvalue weighted by Gasteiger charge is 2.17. The minimum atomic E-state index is 0.567. The largest absolute Gasteiger partial charge is 0.493 e. The zero-order valence-electron chi connectivity index (χ0n) is 12.3. The normalized spacial score (nSPS) is 16.6. The summed E-state index contributed by atoms with van der Waals surface area (Å²) in [7, 11) is 0. The van der Waals surface area contributed by atoms with Crippen molar-refractivity contribution >= 4 is 5.57 Å². The maximum Gasteiger partial charge on any atom is 0.119 e. The molecule has 0 bridgehead atoms. The highest BCUT2D eigenvalue weighted by molar-refractivity contribution is 5.65. The standard InChI is InChI=1S/C18H26O/c1-14(2)13-19-18-11-9-17(10-12-18)15(3)16-7-5-4-6-8-16/h9-12,14,16H,3-8,13H2,1-2H3. The number of rotatable bonds is 5. The lowest BCUT2D eigenvalue weighted by molar-refractivity contribution is 0.271. The van der Waals surface area contributed by atoms with Crippen LogP contribution in [0.25, 0.3) is 5.57 Å². The molecule has 1 aliphatic carbocycles. The maximum absolute atomic E-state index is 5.72. The Morgan fingerprint density at radius 3 is 2.37 bits per heavy atom. The van der Waals surface area contributed by atoms with Crippen molar-refractivity contribution in [3.63, 3.8) is 0 Å². The van der Waals surface area contributed by atoms with Crippen LogP contribution in [0.3, 0.4) is 0 Å². The molecule has 0 heterocycles. The molecule has 0 radical (unpaired) electrons. The Morgan fingerprint density at radius 2 is 1.79 bits per heavy atom. The maximum atomic E-state index is 5.72. The van der Waals surface area contributed by atoms with Gasteiger partial charge in [-0.25, -0.2) is 0 Å². The smallest absolute Gasteiger partial charge is 0.119 e. The van der Waals surface area contributed by atoms with E-state index in [9.17, 15) is 0 Å². The van der Waals surface area contributed by atoms with Crippen molar-refractivity contribution in [2.75, 3.05) is 6.61 Å². The van der Waals surface area contributed by atoms with Crippen LogP contribution in [0.15, 0.2) is 30.8 Å². The summed E-state index contributed by atoms with van der Waals surface area (Å²) in [5, 5.41) is 0. The molecule has 0 amide bonds. The summed E-state index contributed by atoms with van der Waals surface area (Å²) in [6.07, 6.45) is 6.74. The van der Waals surface area contributed by atoms with Gasteiger partial charge in [0.25, 0.3) is 0 Å². The van der Waals surface area contributed by atoms with Crippen molar-refractivity contribution in [2.24, 2.45) is 11.8 Å². The van der Waals surface area contributed by atoms with Gasteiger partial charge in [0.1, 0.15) is 5.75 Å². The number of hydrogen-bond acceptors (Lipinski definition) is 1. The molecule has 1 aromatic rings. The van der Waals surface area contributed by atoms with Crippen LogP contribution in [0.2, 0.25) is 0 Å². The number of hydrogen-bond donors (Lipinski definition) is 0. The van der Waals surface area contributed by atoms with Gasteiger partial charge in [-0.1, -0.05) is 51.8 Å². The molecular weight excluding hydrogens is 232 g/mol. The fraction of sp³-hybridized carbons (Fsp3) is 0.556. The molecule has 0 spiro atoms. The average molecular weight is 258 g/mol. The van der Waals surface area contributed by atoms with Crippen molar-refractivity contribution in [3.05, 3.63) is 36.4 Å². The van der Waals surface area contributed by atoms with E-state index in [1.807, 2.05) is 0 Å². The van der Waals surface area contributed by atoms with E-state index < -0.39 is 0 Å². The molecule has 0 aromatic heterocycles. The van der Waals surface area contributed by atoms with Crippen LogP contribution < -0.4 is 4.74 Å². The van der Waals surface area contributed by atoms with E-state index in [4.69, 9.17) is 4.74 Å². The first kappa shape index (κ1) is 14.2. The fourth-order valence-corrected chi connectivity index (χ4v) is 2.71. The van der Waals surface area contributed by atoms with Crippen molar-refractivity contribution in [2.45, 2.75) is 46.0 Å². The molecule has 0 N–H and O–H groups in total. The Hall–Kier alpha value is -1.24. The van der Waals surface area contributed by atoms with Crippen LogP contribution in [0.4, 0.5) is 0 Å². The van der Waals surface area contributed by atoms with E-state index in [2.05, 4.69) is 44.7 Å². The van der Waals surface area contributed by atoms with Gasteiger partial charge in [-0.3, -0.25) is 0 Å². The van der Waals surface area contributed by atoms with Crippen LogP contribution in [-0.4, -0.2) is 6.61 Å². The van der Waals surface area contributed by atoms with E-state index in [0.29, 0.717) is 11.8 Å². The first-order valence-electron chi connectivity index (χ1n) is 7.59. The monoisotopic (exact) mass is 258 g/mol. The summed E-state index contributed by atoms with van der Waals surface area (Å²) in [4.78, 5) is 0. The van der Waals surface area contributed by atoms with Gasteiger partial charge in [0, 0.05) is 0 Å². The zero-order chi connectivity index (χ0) is 13.7. The molecule has 104 valence electrons. The molecule has 1 nitrogen and oxygen atoms in total. The highest BCUT2D eigenvalue weighted by atomic mass is 16.5. The van der Waals surface area contributed by atoms with Gasteiger partial charge in [0.05, 0.1) is 6.61 Å². The van der Waals surface area contributed by atoms with Gasteiger partial charge < -0.3 is 4.74 Å². The van der Waals surface area contributed by atoms with E-state index >= 15 is 0 Å². The Bertz CT molecular complexity index is 396. The number of ether oxygens (including phenoxy) is 1. The van der Waals surface area contributed by atoms with Crippen molar-refractivity contribution < 1.29 is 4.74 Å². The fourth-order valence-electron chi connectivity index (χ4n) is 2.71. The summed E-state index contributed by atoms with van der Waals surface area (Å²) >= 11 is 0.